The Morgan fingerprint density at radius 3 is 2.58 bits per heavy atom. The number of carbonyl (C=O) groups excluding carboxylic acids is 1. The van der Waals surface area contributed by atoms with Crippen LogP contribution in [-0.4, -0.2) is 36.7 Å². The van der Waals surface area contributed by atoms with E-state index >= 15 is 0 Å². The summed E-state index contributed by atoms with van der Waals surface area (Å²) >= 11 is 6.16. The molecule has 3 atom stereocenters. The first-order chi connectivity index (χ1) is 19.1. The van der Waals surface area contributed by atoms with Gasteiger partial charge in [-0.25, -0.2) is 4.79 Å². The number of esters is 1. The summed E-state index contributed by atoms with van der Waals surface area (Å²) in [6.45, 7) is 8.41. The minimum atomic E-state index is -1.18. The summed E-state index contributed by atoms with van der Waals surface area (Å²) in [5.41, 5.74) is 12.2. The van der Waals surface area contributed by atoms with Crippen LogP contribution in [0.4, 0.5) is 0 Å². The van der Waals surface area contributed by atoms with Crippen LogP contribution < -0.4 is 15.2 Å². The van der Waals surface area contributed by atoms with Crippen LogP contribution in [-0.2, 0) is 20.3 Å². The molecule has 9 heteroatoms. The van der Waals surface area contributed by atoms with Gasteiger partial charge < -0.3 is 29.4 Å². The molecule has 1 aliphatic heterocycles. The highest BCUT2D eigenvalue weighted by atomic mass is 35.5. The standard InChI is InChI=1S/C31H37ClNO6P/c1-19(2)26-14-22(8-9-30(26)38-31(35)28(33)17-34)15-27-20(3)12-25(13-21(27)4)36-18-40-37-11-10-29(39-40)23-6-5-7-24(32)16-23/h5-9,12-14,16,19,28-29,34H,10-11,15,17-18,33H2,1-4H3. The maximum atomic E-state index is 12.1. The van der Waals surface area contributed by atoms with Crippen LogP contribution in [0.5, 0.6) is 11.5 Å². The van der Waals surface area contributed by atoms with Crippen molar-refractivity contribution >= 4 is 25.9 Å². The first-order valence-electron chi connectivity index (χ1n) is 13.4. The third-order valence-corrected chi connectivity index (χ3v) is 8.41. The lowest BCUT2D eigenvalue weighted by atomic mass is 9.93. The van der Waals surface area contributed by atoms with Crippen LogP contribution >= 0.6 is 20.0 Å². The number of rotatable bonds is 10. The fraction of sp³-hybridized carbons (Fsp3) is 0.387. The summed E-state index contributed by atoms with van der Waals surface area (Å²) in [5, 5.41) is 9.85. The molecule has 1 fully saturated rings. The minimum absolute atomic E-state index is 0.0509. The average Bonchev–Trinajstić information content (AvgIpc) is 2.94. The number of hydrogen-bond acceptors (Lipinski definition) is 7. The predicted molar refractivity (Wildman–Crippen MR) is 158 cm³/mol. The molecule has 1 aliphatic rings. The van der Waals surface area contributed by atoms with E-state index in [9.17, 15) is 4.79 Å². The number of hydrogen-bond donors (Lipinski definition) is 2. The van der Waals surface area contributed by atoms with Crippen molar-refractivity contribution in [2.75, 3.05) is 19.6 Å². The lowest BCUT2D eigenvalue weighted by Crippen LogP contribution is -2.37. The van der Waals surface area contributed by atoms with Gasteiger partial charge in [0.2, 0.25) is 8.38 Å². The van der Waals surface area contributed by atoms with Crippen molar-refractivity contribution in [1.29, 1.82) is 0 Å². The fourth-order valence-electron chi connectivity index (χ4n) is 4.65. The molecule has 0 radical (unpaired) electrons. The molecule has 40 heavy (non-hydrogen) atoms. The van der Waals surface area contributed by atoms with E-state index < -0.39 is 27.0 Å². The number of halogens is 1. The third-order valence-electron chi connectivity index (χ3n) is 6.87. The quantitative estimate of drug-likeness (QED) is 0.155. The Kier molecular flexibility index (Phi) is 10.6. The smallest absolute Gasteiger partial charge is 0.330 e. The minimum Gasteiger partial charge on any atom is -0.484 e. The van der Waals surface area contributed by atoms with Crippen LogP contribution in [0.25, 0.3) is 0 Å². The molecule has 0 saturated carbocycles. The molecule has 0 amide bonds. The molecule has 3 unspecified atom stereocenters. The Morgan fingerprint density at radius 1 is 1.15 bits per heavy atom. The Bertz CT molecular complexity index is 1310. The summed E-state index contributed by atoms with van der Waals surface area (Å²) in [5.74, 6) is 0.737. The van der Waals surface area contributed by atoms with E-state index in [2.05, 4.69) is 19.9 Å². The molecular weight excluding hydrogens is 549 g/mol. The Balaban J connectivity index is 1.42. The second-order valence-electron chi connectivity index (χ2n) is 10.3. The zero-order valence-electron chi connectivity index (χ0n) is 23.4. The maximum Gasteiger partial charge on any atom is 0.330 e. The molecule has 0 bridgehead atoms. The SMILES string of the molecule is Cc1cc(OCP2OCCC(c3cccc(Cl)c3)O2)cc(C)c1Cc1ccc(OC(=O)C(N)CO)c(C(C)C)c1. The highest BCUT2D eigenvalue weighted by molar-refractivity contribution is 7.47. The molecule has 214 valence electrons. The maximum absolute atomic E-state index is 12.1. The molecule has 0 spiro atoms. The lowest BCUT2D eigenvalue weighted by Gasteiger charge is -2.29. The molecule has 0 aliphatic carbocycles. The first kappa shape index (κ1) is 30.4. The van der Waals surface area contributed by atoms with E-state index in [1.165, 1.54) is 5.56 Å². The number of aryl methyl sites for hydroxylation is 2. The van der Waals surface area contributed by atoms with E-state index in [1.54, 1.807) is 6.07 Å². The van der Waals surface area contributed by atoms with Crippen molar-refractivity contribution in [1.82, 2.24) is 0 Å². The highest BCUT2D eigenvalue weighted by Gasteiger charge is 2.26. The molecule has 3 aromatic rings. The fourth-order valence-corrected chi connectivity index (χ4v) is 6.12. The normalized spacial score (nSPS) is 18.0. The van der Waals surface area contributed by atoms with Gasteiger partial charge in [-0.2, -0.15) is 0 Å². The number of ether oxygens (including phenoxy) is 2. The zero-order valence-corrected chi connectivity index (χ0v) is 25.0. The average molecular weight is 586 g/mol. The summed E-state index contributed by atoms with van der Waals surface area (Å²) in [4.78, 5) is 12.1. The van der Waals surface area contributed by atoms with Crippen LogP contribution in [0.1, 0.15) is 65.7 Å². The summed E-state index contributed by atoms with van der Waals surface area (Å²) in [6.07, 6.45) is 1.81. The van der Waals surface area contributed by atoms with Gasteiger partial charge in [-0.05, 0) is 89.9 Å². The molecule has 3 N–H and O–H groups in total. The summed E-state index contributed by atoms with van der Waals surface area (Å²) in [6, 6.07) is 16.6. The van der Waals surface area contributed by atoms with Crippen molar-refractivity contribution in [2.24, 2.45) is 5.73 Å². The van der Waals surface area contributed by atoms with Crippen molar-refractivity contribution in [2.45, 2.75) is 58.6 Å². The number of benzene rings is 3. The molecular formula is C31H37ClNO6P. The Labute approximate surface area is 242 Å². The molecule has 1 heterocycles. The lowest BCUT2D eigenvalue weighted by molar-refractivity contribution is -0.136. The topological polar surface area (TPSA) is 100 Å². The third kappa shape index (κ3) is 7.82. The van der Waals surface area contributed by atoms with E-state index in [0.717, 1.165) is 46.4 Å². The van der Waals surface area contributed by atoms with Gasteiger partial charge >= 0.3 is 5.97 Å². The van der Waals surface area contributed by atoms with Crippen molar-refractivity contribution in [3.63, 3.8) is 0 Å². The van der Waals surface area contributed by atoms with Gasteiger partial charge in [-0.3, -0.25) is 0 Å². The van der Waals surface area contributed by atoms with Crippen LogP contribution in [0.2, 0.25) is 5.02 Å². The van der Waals surface area contributed by atoms with Crippen molar-refractivity contribution in [3.8, 4) is 11.5 Å². The van der Waals surface area contributed by atoms with Crippen LogP contribution in [0.3, 0.4) is 0 Å². The monoisotopic (exact) mass is 585 g/mol. The number of nitrogens with two attached hydrogens (primary N) is 1. The molecule has 1 saturated heterocycles. The van der Waals surface area contributed by atoms with E-state index in [1.807, 2.05) is 56.3 Å². The number of aliphatic hydroxyl groups is 1. The Morgan fingerprint density at radius 2 is 1.90 bits per heavy atom. The van der Waals surface area contributed by atoms with E-state index in [-0.39, 0.29) is 12.0 Å². The van der Waals surface area contributed by atoms with Crippen LogP contribution in [0, 0.1) is 13.8 Å². The van der Waals surface area contributed by atoms with Gasteiger partial charge in [0, 0.05) is 11.4 Å². The first-order valence-corrected chi connectivity index (χ1v) is 15.1. The van der Waals surface area contributed by atoms with Gasteiger partial charge in [0.1, 0.15) is 17.5 Å². The van der Waals surface area contributed by atoms with Gasteiger partial charge in [-0.1, -0.05) is 49.7 Å². The zero-order chi connectivity index (χ0) is 28.8. The molecule has 7 nitrogen and oxygen atoms in total. The van der Waals surface area contributed by atoms with Crippen molar-refractivity contribution in [3.05, 3.63) is 93.0 Å². The van der Waals surface area contributed by atoms with Gasteiger partial charge in [0.05, 0.1) is 19.3 Å². The van der Waals surface area contributed by atoms with Crippen molar-refractivity contribution < 1.29 is 28.4 Å². The second-order valence-corrected chi connectivity index (χ2v) is 12.2. The highest BCUT2D eigenvalue weighted by Crippen LogP contribution is 2.49. The van der Waals surface area contributed by atoms with E-state index in [4.69, 9.17) is 41.0 Å². The second kappa shape index (κ2) is 13.9. The predicted octanol–water partition coefficient (Wildman–Crippen LogP) is 6.72. The van der Waals surface area contributed by atoms with Gasteiger partial charge in [0.15, 0.2) is 6.35 Å². The number of carbonyl (C=O) groups is 1. The molecule has 0 aromatic heterocycles. The summed E-state index contributed by atoms with van der Waals surface area (Å²) in [7, 11) is -1.18. The van der Waals surface area contributed by atoms with Gasteiger partial charge in [0.25, 0.3) is 0 Å². The molecule has 4 rings (SSSR count). The van der Waals surface area contributed by atoms with Crippen LogP contribution in [0.15, 0.2) is 54.6 Å². The summed E-state index contributed by atoms with van der Waals surface area (Å²) < 4.78 is 23.7. The van der Waals surface area contributed by atoms with Gasteiger partial charge in [-0.15, -0.1) is 0 Å². The molecule has 3 aromatic carbocycles. The Hall–Kier alpha value is -2.51. The largest absolute Gasteiger partial charge is 0.484 e. The number of aliphatic hydroxyl groups excluding tert-OH is 1. The van der Waals surface area contributed by atoms with E-state index in [0.29, 0.717) is 23.7 Å².